The van der Waals surface area contributed by atoms with Gasteiger partial charge in [0.25, 0.3) is 0 Å². The van der Waals surface area contributed by atoms with Gasteiger partial charge in [-0.25, -0.2) is 0 Å². The van der Waals surface area contributed by atoms with Gasteiger partial charge in [-0.1, -0.05) is 0 Å². The minimum absolute atomic E-state index is 0. The summed E-state index contributed by atoms with van der Waals surface area (Å²) < 4.78 is 0. The number of carboxylic acid groups (broad SMARTS) is 5. The highest BCUT2D eigenvalue weighted by molar-refractivity contribution is 5.77. The zero-order chi connectivity index (χ0) is 19.1. The molecule has 2 atom stereocenters. The Bertz CT molecular complexity index is 492. The van der Waals surface area contributed by atoms with Crippen LogP contribution in [0.5, 0.6) is 0 Å². The molecule has 2 unspecified atom stereocenters. The van der Waals surface area contributed by atoms with Crippen molar-refractivity contribution in [3.63, 3.8) is 0 Å². The third kappa shape index (κ3) is 8.62. The first-order valence-electron chi connectivity index (χ1n) is 6.74. The van der Waals surface area contributed by atoms with Crippen LogP contribution < -0.4 is 11.9 Å². The van der Waals surface area contributed by atoms with Gasteiger partial charge in [-0.2, -0.15) is 0 Å². The second kappa shape index (κ2) is 10.2. The second-order valence-electron chi connectivity index (χ2n) is 5.54. The van der Waals surface area contributed by atoms with Crippen LogP contribution >= 0.6 is 0 Å². The lowest BCUT2D eigenvalue weighted by Crippen LogP contribution is -2.48. The highest BCUT2D eigenvalue weighted by Gasteiger charge is 2.47. The van der Waals surface area contributed by atoms with Gasteiger partial charge >= 0.3 is 29.8 Å². The van der Waals surface area contributed by atoms with Gasteiger partial charge in [-0.3, -0.25) is 24.0 Å². The standard InChI is InChI=1S/C13H19NO10.H3N/c14-7(2-9(17)18)6(1-8(15)16)13(3-10(19)20,4-11(21)22)5-12(23)24;/h6-7H,1-5,14H2,(H,15,16)(H,17,18)(H,19,20)(H,21,22)(H,23,24);1H3. The molecule has 12 heteroatoms. The Labute approximate surface area is 141 Å². The molecule has 0 aliphatic heterocycles. The van der Waals surface area contributed by atoms with E-state index in [4.69, 9.17) is 31.3 Å². The highest BCUT2D eigenvalue weighted by Crippen LogP contribution is 2.43. The molecule has 0 aliphatic carbocycles. The van der Waals surface area contributed by atoms with Crippen LogP contribution in [0.15, 0.2) is 0 Å². The molecule has 0 aliphatic rings. The topological polar surface area (TPSA) is 248 Å². The van der Waals surface area contributed by atoms with Crippen molar-refractivity contribution in [2.75, 3.05) is 0 Å². The monoisotopic (exact) mass is 366 g/mol. The van der Waals surface area contributed by atoms with Crippen LogP contribution in [0, 0.1) is 11.3 Å². The summed E-state index contributed by atoms with van der Waals surface area (Å²) >= 11 is 0. The molecule has 0 amide bonds. The Morgan fingerprint density at radius 3 is 1.24 bits per heavy atom. The number of rotatable bonds is 12. The van der Waals surface area contributed by atoms with Crippen LogP contribution in [0.4, 0.5) is 0 Å². The molecular weight excluding hydrogens is 344 g/mol. The van der Waals surface area contributed by atoms with Crippen molar-refractivity contribution in [1.29, 1.82) is 0 Å². The van der Waals surface area contributed by atoms with E-state index in [1.165, 1.54) is 0 Å². The van der Waals surface area contributed by atoms with E-state index in [9.17, 15) is 24.0 Å². The van der Waals surface area contributed by atoms with Gasteiger partial charge in [0.05, 0.1) is 32.1 Å². The van der Waals surface area contributed by atoms with Crippen LogP contribution in [-0.4, -0.2) is 61.4 Å². The van der Waals surface area contributed by atoms with E-state index in [1.54, 1.807) is 0 Å². The summed E-state index contributed by atoms with van der Waals surface area (Å²) in [6, 6.07) is -1.43. The molecule has 10 N–H and O–H groups in total. The third-order valence-electron chi connectivity index (χ3n) is 3.62. The lowest BCUT2D eigenvalue weighted by molar-refractivity contribution is -0.154. The molecule has 0 aromatic carbocycles. The first-order valence-corrected chi connectivity index (χ1v) is 6.74. The van der Waals surface area contributed by atoms with Crippen LogP contribution in [0.25, 0.3) is 0 Å². The molecule has 0 saturated carbocycles. The summed E-state index contributed by atoms with van der Waals surface area (Å²) in [4.78, 5) is 55.2. The summed E-state index contributed by atoms with van der Waals surface area (Å²) in [6.45, 7) is 0. The molecule has 0 radical (unpaired) electrons. The lowest BCUT2D eigenvalue weighted by atomic mass is 9.63. The van der Waals surface area contributed by atoms with Crippen LogP contribution in [-0.2, 0) is 24.0 Å². The van der Waals surface area contributed by atoms with Crippen molar-refractivity contribution in [3.05, 3.63) is 0 Å². The van der Waals surface area contributed by atoms with Gasteiger partial charge < -0.3 is 37.4 Å². The van der Waals surface area contributed by atoms with E-state index in [0.29, 0.717) is 0 Å². The summed E-state index contributed by atoms with van der Waals surface area (Å²) in [6.07, 6.45) is -4.55. The molecule has 0 rings (SSSR count). The Hall–Kier alpha value is -2.73. The van der Waals surface area contributed by atoms with Crippen molar-refractivity contribution in [3.8, 4) is 0 Å². The van der Waals surface area contributed by atoms with Crippen molar-refractivity contribution >= 4 is 29.8 Å². The Morgan fingerprint density at radius 1 is 0.680 bits per heavy atom. The third-order valence-corrected chi connectivity index (χ3v) is 3.62. The minimum Gasteiger partial charge on any atom is -0.481 e. The Morgan fingerprint density at radius 2 is 1.00 bits per heavy atom. The summed E-state index contributed by atoms with van der Waals surface area (Å²) in [5.41, 5.74) is 3.61. The normalized spacial score (nSPS) is 13.2. The average molecular weight is 366 g/mol. The average Bonchev–Trinajstić information content (AvgIpc) is 2.31. The Balaban J connectivity index is 0. The molecule has 0 fully saturated rings. The number of carbonyl (C=O) groups is 5. The van der Waals surface area contributed by atoms with Crippen molar-refractivity contribution in [1.82, 2.24) is 6.15 Å². The van der Waals surface area contributed by atoms with Crippen LogP contribution in [0.2, 0.25) is 0 Å². The highest BCUT2D eigenvalue weighted by atomic mass is 16.4. The molecule has 0 heterocycles. The SMILES string of the molecule is N.NC(CC(=O)O)C(CC(=O)O)C(CC(=O)O)(CC(=O)O)CC(=O)O. The zero-order valence-electron chi connectivity index (χ0n) is 13.3. The van der Waals surface area contributed by atoms with E-state index in [-0.39, 0.29) is 6.15 Å². The number of nitrogens with two attached hydrogens (primary N) is 1. The Kier molecular flexibility index (Phi) is 10.0. The van der Waals surface area contributed by atoms with Gasteiger partial charge in [0, 0.05) is 11.5 Å². The number of hydrogen-bond donors (Lipinski definition) is 7. The first kappa shape index (κ1) is 24.5. The molecule has 12 nitrogen and oxygen atoms in total. The van der Waals surface area contributed by atoms with E-state index >= 15 is 0 Å². The van der Waals surface area contributed by atoms with Crippen molar-refractivity contribution in [2.24, 2.45) is 17.1 Å². The van der Waals surface area contributed by atoms with Gasteiger partial charge in [-0.15, -0.1) is 0 Å². The van der Waals surface area contributed by atoms with E-state index in [0.717, 1.165) is 0 Å². The fourth-order valence-electron chi connectivity index (χ4n) is 2.84. The molecule has 25 heavy (non-hydrogen) atoms. The quantitative estimate of drug-likeness (QED) is 0.230. The number of aliphatic carboxylic acids is 5. The fourth-order valence-corrected chi connectivity index (χ4v) is 2.84. The lowest BCUT2D eigenvalue weighted by Gasteiger charge is -2.40. The smallest absolute Gasteiger partial charge is 0.304 e. The summed E-state index contributed by atoms with van der Waals surface area (Å²) in [7, 11) is 0. The first-order chi connectivity index (χ1) is 10.9. The number of carboxylic acids is 5. The van der Waals surface area contributed by atoms with E-state index in [2.05, 4.69) is 0 Å². The zero-order valence-corrected chi connectivity index (χ0v) is 13.3. The molecule has 0 saturated heterocycles. The van der Waals surface area contributed by atoms with Gasteiger partial charge in [-0.05, 0) is 5.92 Å². The van der Waals surface area contributed by atoms with Gasteiger partial charge in [0.2, 0.25) is 0 Å². The van der Waals surface area contributed by atoms with E-state index < -0.39 is 79.3 Å². The molecule has 0 spiro atoms. The maximum Gasteiger partial charge on any atom is 0.304 e. The fraction of sp³-hybridized carbons (Fsp3) is 0.615. The molecule has 0 aromatic rings. The molecule has 144 valence electrons. The summed E-state index contributed by atoms with van der Waals surface area (Å²) in [5.74, 6) is -9.00. The van der Waals surface area contributed by atoms with Crippen molar-refractivity contribution < 1.29 is 49.5 Å². The summed E-state index contributed by atoms with van der Waals surface area (Å²) in [5, 5.41) is 44.9. The predicted octanol–water partition coefficient (Wildman–Crippen LogP) is -0.548. The minimum atomic E-state index is -2.04. The molecule has 0 bridgehead atoms. The molecule has 0 aromatic heterocycles. The van der Waals surface area contributed by atoms with Crippen molar-refractivity contribution in [2.45, 2.75) is 38.1 Å². The van der Waals surface area contributed by atoms with Crippen LogP contribution in [0.1, 0.15) is 32.1 Å². The van der Waals surface area contributed by atoms with Crippen LogP contribution in [0.3, 0.4) is 0 Å². The second-order valence-corrected chi connectivity index (χ2v) is 5.54. The van der Waals surface area contributed by atoms with Gasteiger partial charge in [0.1, 0.15) is 0 Å². The van der Waals surface area contributed by atoms with E-state index in [1.807, 2.05) is 0 Å². The number of hydrogen-bond acceptors (Lipinski definition) is 7. The maximum atomic E-state index is 11.1. The predicted molar refractivity (Wildman–Crippen MR) is 80.2 cm³/mol. The largest absolute Gasteiger partial charge is 0.481 e. The molecular formula is C13H22N2O10. The maximum absolute atomic E-state index is 11.1. The van der Waals surface area contributed by atoms with Gasteiger partial charge in [0.15, 0.2) is 0 Å².